The molecule has 0 unspecified atom stereocenters. The van der Waals surface area contributed by atoms with Crippen molar-refractivity contribution in [2.75, 3.05) is 25.1 Å². The average molecular weight is 310 g/mol. The molecule has 22 heavy (non-hydrogen) atoms. The van der Waals surface area contributed by atoms with E-state index in [9.17, 15) is 4.79 Å². The van der Waals surface area contributed by atoms with Crippen molar-refractivity contribution in [3.63, 3.8) is 0 Å². The zero-order valence-corrected chi connectivity index (χ0v) is 13.6. The maximum absolute atomic E-state index is 11.8. The lowest BCUT2D eigenvalue weighted by atomic mass is 10.0. The van der Waals surface area contributed by atoms with Crippen LogP contribution in [0, 0.1) is 5.92 Å². The van der Waals surface area contributed by atoms with Gasteiger partial charge in [-0.1, -0.05) is 0 Å². The van der Waals surface area contributed by atoms with Crippen molar-refractivity contribution in [3.8, 4) is 0 Å². The zero-order valence-electron chi connectivity index (χ0n) is 13.6. The number of anilines is 1. The third-order valence-electron chi connectivity index (χ3n) is 3.43. The number of aromatic amines is 1. The van der Waals surface area contributed by atoms with Gasteiger partial charge in [-0.15, -0.1) is 0 Å². The molecule has 7 nitrogen and oxygen atoms in total. The molecular formula is C15H26N4O3. The number of nitrogens with zero attached hydrogens (tertiary/aromatic N) is 1. The number of ether oxygens (including phenoxy) is 2. The Balaban J connectivity index is 1.77. The van der Waals surface area contributed by atoms with Gasteiger partial charge in [0.05, 0.1) is 6.20 Å². The van der Waals surface area contributed by atoms with E-state index in [4.69, 9.17) is 9.47 Å². The minimum Gasteiger partial charge on any atom is -0.444 e. The Kier molecular flexibility index (Phi) is 5.79. The first-order valence-corrected chi connectivity index (χ1v) is 7.75. The highest BCUT2D eigenvalue weighted by atomic mass is 16.6. The van der Waals surface area contributed by atoms with Gasteiger partial charge < -0.3 is 14.8 Å². The highest BCUT2D eigenvalue weighted by Crippen LogP contribution is 2.16. The van der Waals surface area contributed by atoms with Gasteiger partial charge in [-0.2, -0.15) is 5.10 Å². The molecule has 1 aromatic rings. The molecule has 1 amide bonds. The largest absolute Gasteiger partial charge is 0.444 e. The molecule has 1 aliphatic rings. The summed E-state index contributed by atoms with van der Waals surface area (Å²) in [6, 6.07) is 0. The molecule has 1 fully saturated rings. The molecule has 0 saturated carbocycles. The first-order chi connectivity index (χ1) is 10.4. The fourth-order valence-corrected chi connectivity index (χ4v) is 2.32. The van der Waals surface area contributed by atoms with Crippen LogP contribution in [-0.4, -0.2) is 41.7 Å². The molecule has 0 aliphatic carbocycles. The second-order valence-corrected chi connectivity index (χ2v) is 6.58. The van der Waals surface area contributed by atoms with Crippen LogP contribution >= 0.6 is 0 Å². The predicted molar refractivity (Wildman–Crippen MR) is 83.7 cm³/mol. The lowest BCUT2D eigenvalue weighted by molar-refractivity contribution is 0.0634. The molecule has 1 saturated heterocycles. The minimum absolute atomic E-state index is 0.484. The Morgan fingerprint density at radius 1 is 1.45 bits per heavy atom. The van der Waals surface area contributed by atoms with Crippen LogP contribution in [0.15, 0.2) is 6.20 Å². The van der Waals surface area contributed by atoms with E-state index < -0.39 is 11.7 Å². The van der Waals surface area contributed by atoms with Crippen LogP contribution in [-0.2, 0) is 16.0 Å². The van der Waals surface area contributed by atoms with E-state index in [1.165, 1.54) is 0 Å². The maximum Gasteiger partial charge on any atom is 0.413 e. The third kappa shape index (κ3) is 5.65. The summed E-state index contributed by atoms with van der Waals surface area (Å²) in [5, 5.41) is 12.9. The molecule has 1 aliphatic heterocycles. The van der Waals surface area contributed by atoms with E-state index in [-0.39, 0.29) is 0 Å². The van der Waals surface area contributed by atoms with E-state index in [0.29, 0.717) is 18.3 Å². The van der Waals surface area contributed by atoms with Crippen molar-refractivity contribution >= 4 is 11.9 Å². The molecule has 2 heterocycles. The Morgan fingerprint density at radius 2 is 2.18 bits per heavy atom. The van der Waals surface area contributed by atoms with E-state index in [1.54, 1.807) is 6.20 Å². The second kappa shape index (κ2) is 7.60. The van der Waals surface area contributed by atoms with Gasteiger partial charge in [0, 0.05) is 25.3 Å². The molecule has 0 spiro atoms. The summed E-state index contributed by atoms with van der Waals surface area (Å²) in [5.41, 5.74) is 0.392. The summed E-state index contributed by atoms with van der Waals surface area (Å²) in [6.45, 7) is 8.79. The molecule has 3 N–H and O–H groups in total. The van der Waals surface area contributed by atoms with Crippen molar-refractivity contribution in [2.24, 2.45) is 5.92 Å². The van der Waals surface area contributed by atoms with Gasteiger partial charge in [0.1, 0.15) is 11.4 Å². The monoisotopic (exact) mass is 310 g/mol. The highest BCUT2D eigenvalue weighted by molar-refractivity contribution is 5.84. The summed E-state index contributed by atoms with van der Waals surface area (Å²) in [7, 11) is 0. The first kappa shape index (κ1) is 16.8. The number of hydrogen-bond donors (Lipinski definition) is 3. The Bertz CT molecular complexity index is 475. The predicted octanol–water partition coefficient (Wildman–Crippen LogP) is 2.27. The standard InChI is InChI=1S/C15H26N4O3/c1-15(2,3)22-14(20)18-13-12(10-17-19-13)9-16-8-11-4-6-21-7-5-11/h10-11,16H,4-9H2,1-3H3,(H2,17,18,19,20). The van der Waals surface area contributed by atoms with Crippen LogP contribution in [0.2, 0.25) is 0 Å². The normalized spacial score (nSPS) is 16.5. The summed E-state index contributed by atoms with van der Waals surface area (Å²) in [5.74, 6) is 1.23. The van der Waals surface area contributed by atoms with E-state index >= 15 is 0 Å². The van der Waals surface area contributed by atoms with Crippen molar-refractivity contribution < 1.29 is 14.3 Å². The molecular weight excluding hydrogens is 284 g/mol. The van der Waals surface area contributed by atoms with E-state index in [1.807, 2.05) is 20.8 Å². The number of H-pyrrole nitrogens is 1. The molecule has 7 heteroatoms. The van der Waals surface area contributed by atoms with Gasteiger partial charge in [-0.3, -0.25) is 10.4 Å². The maximum atomic E-state index is 11.8. The van der Waals surface area contributed by atoms with Crippen molar-refractivity contribution in [2.45, 2.75) is 45.8 Å². The molecule has 0 radical (unpaired) electrons. The van der Waals surface area contributed by atoms with Crippen molar-refractivity contribution in [1.82, 2.24) is 15.5 Å². The number of carbonyl (C=O) groups is 1. The van der Waals surface area contributed by atoms with E-state index in [0.717, 1.165) is 38.2 Å². The van der Waals surface area contributed by atoms with Crippen LogP contribution in [0.3, 0.4) is 0 Å². The van der Waals surface area contributed by atoms with Crippen LogP contribution in [0.5, 0.6) is 0 Å². The van der Waals surface area contributed by atoms with E-state index in [2.05, 4.69) is 20.8 Å². The third-order valence-corrected chi connectivity index (χ3v) is 3.43. The summed E-state index contributed by atoms with van der Waals surface area (Å²) in [6.07, 6.45) is 3.43. The van der Waals surface area contributed by atoms with Crippen molar-refractivity contribution in [1.29, 1.82) is 0 Å². The lowest BCUT2D eigenvalue weighted by Gasteiger charge is -2.22. The molecule has 0 bridgehead atoms. The zero-order chi connectivity index (χ0) is 16.0. The summed E-state index contributed by atoms with van der Waals surface area (Å²) < 4.78 is 10.6. The van der Waals surface area contributed by atoms with Gasteiger partial charge in [0.25, 0.3) is 0 Å². The number of hydrogen-bond acceptors (Lipinski definition) is 5. The molecule has 0 aromatic carbocycles. The number of rotatable bonds is 5. The van der Waals surface area contributed by atoms with Gasteiger partial charge >= 0.3 is 6.09 Å². The van der Waals surface area contributed by atoms with Gasteiger partial charge in [-0.05, 0) is 46.1 Å². The average Bonchev–Trinajstić information content (AvgIpc) is 2.85. The number of carbonyl (C=O) groups excluding carboxylic acids is 1. The Morgan fingerprint density at radius 3 is 2.86 bits per heavy atom. The van der Waals surface area contributed by atoms with Gasteiger partial charge in [-0.25, -0.2) is 4.79 Å². The highest BCUT2D eigenvalue weighted by Gasteiger charge is 2.18. The fraction of sp³-hybridized carbons (Fsp3) is 0.733. The molecule has 124 valence electrons. The minimum atomic E-state index is -0.522. The van der Waals surface area contributed by atoms with Crippen molar-refractivity contribution in [3.05, 3.63) is 11.8 Å². The topological polar surface area (TPSA) is 88.3 Å². The summed E-state index contributed by atoms with van der Waals surface area (Å²) in [4.78, 5) is 11.8. The number of nitrogens with one attached hydrogen (secondary N) is 3. The number of aromatic nitrogens is 2. The molecule has 0 atom stereocenters. The molecule has 1 aromatic heterocycles. The first-order valence-electron chi connectivity index (χ1n) is 7.75. The Labute approximate surface area is 131 Å². The van der Waals surface area contributed by atoms with Crippen LogP contribution < -0.4 is 10.6 Å². The smallest absolute Gasteiger partial charge is 0.413 e. The second-order valence-electron chi connectivity index (χ2n) is 6.58. The number of amides is 1. The lowest BCUT2D eigenvalue weighted by Crippen LogP contribution is -2.29. The van der Waals surface area contributed by atoms with Crippen LogP contribution in [0.25, 0.3) is 0 Å². The van der Waals surface area contributed by atoms with Gasteiger partial charge in [0.2, 0.25) is 0 Å². The fourth-order valence-electron chi connectivity index (χ4n) is 2.32. The SMILES string of the molecule is CC(C)(C)OC(=O)Nc1[nH]ncc1CNCC1CCOCC1. The van der Waals surface area contributed by atoms with Crippen LogP contribution in [0.4, 0.5) is 10.6 Å². The van der Waals surface area contributed by atoms with Gasteiger partial charge in [0.15, 0.2) is 0 Å². The van der Waals surface area contributed by atoms with Crippen LogP contribution in [0.1, 0.15) is 39.2 Å². The quantitative estimate of drug-likeness (QED) is 0.776. The molecule has 2 rings (SSSR count). The summed E-state index contributed by atoms with van der Waals surface area (Å²) >= 11 is 0. The Hall–Kier alpha value is -1.60.